The van der Waals surface area contributed by atoms with E-state index in [2.05, 4.69) is 15.2 Å². The second-order valence-corrected chi connectivity index (χ2v) is 13.3. The zero-order valence-electron chi connectivity index (χ0n) is 19.7. The first-order valence-corrected chi connectivity index (χ1v) is 14.4. The number of sulfonamides is 1. The lowest BCUT2D eigenvalue weighted by molar-refractivity contribution is -0.140. The van der Waals surface area contributed by atoms with Crippen LogP contribution >= 0.6 is 11.6 Å². The highest BCUT2D eigenvalue weighted by molar-refractivity contribution is 7.89. The first-order valence-electron chi connectivity index (χ1n) is 12.6. The van der Waals surface area contributed by atoms with Crippen LogP contribution < -0.4 is 10.2 Å². The molecule has 7 nitrogen and oxygen atoms in total. The second kappa shape index (κ2) is 8.75. The zero-order valence-corrected chi connectivity index (χ0v) is 21.3. The van der Waals surface area contributed by atoms with E-state index in [0.29, 0.717) is 31.2 Å². The Morgan fingerprint density at radius 3 is 2.06 bits per heavy atom. The highest BCUT2D eigenvalue weighted by atomic mass is 35.5. The van der Waals surface area contributed by atoms with Gasteiger partial charge >= 0.3 is 0 Å². The van der Waals surface area contributed by atoms with Crippen molar-refractivity contribution in [3.05, 3.63) is 47.6 Å². The fourth-order valence-corrected chi connectivity index (χ4v) is 8.76. The number of piperazine rings is 1. The van der Waals surface area contributed by atoms with E-state index in [1.54, 1.807) is 30.5 Å². The van der Waals surface area contributed by atoms with Gasteiger partial charge in [0.2, 0.25) is 15.9 Å². The van der Waals surface area contributed by atoms with Gasteiger partial charge in [0.1, 0.15) is 5.82 Å². The van der Waals surface area contributed by atoms with Crippen molar-refractivity contribution in [1.82, 2.24) is 9.29 Å². The Balaban J connectivity index is 1.07. The molecule has 1 N–H and O–H groups in total. The van der Waals surface area contributed by atoms with Gasteiger partial charge in [0.25, 0.3) is 0 Å². The number of aromatic nitrogens is 1. The van der Waals surface area contributed by atoms with Crippen molar-refractivity contribution in [2.24, 2.45) is 23.2 Å². The standard InChI is InChI=1S/C26H31ClN4O3S/c27-21-1-4-23(5-2-21)35(33,34)31-9-7-30(8-10-31)24-6-3-22(17-28-24)29-25(32)26-14-18-11-19(15-26)13-20(12-18)16-26/h1-6,17-20H,7-16H2,(H,29,32). The van der Waals surface area contributed by atoms with E-state index < -0.39 is 10.0 Å². The Bertz CT molecular complexity index is 1170. The van der Waals surface area contributed by atoms with Crippen LogP contribution in [0.15, 0.2) is 47.5 Å². The van der Waals surface area contributed by atoms with Crippen molar-refractivity contribution >= 4 is 39.0 Å². The highest BCUT2D eigenvalue weighted by Gasteiger charge is 2.54. The van der Waals surface area contributed by atoms with E-state index in [4.69, 9.17) is 11.6 Å². The number of anilines is 2. The van der Waals surface area contributed by atoms with E-state index in [1.807, 2.05) is 12.1 Å². The van der Waals surface area contributed by atoms with Crippen LogP contribution in [0, 0.1) is 23.2 Å². The third-order valence-electron chi connectivity index (χ3n) is 8.54. The molecular formula is C26H31ClN4O3S. The van der Waals surface area contributed by atoms with Crippen molar-refractivity contribution in [3.63, 3.8) is 0 Å². The molecule has 4 saturated carbocycles. The molecule has 5 fully saturated rings. The van der Waals surface area contributed by atoms with E-state index in [0.717, 1.165) is 48.5 Å². The van der Waals surface area contributed by atoms with E-state index in [9.17, 15) is 13.2 Å². The number of nitrogens with zero attached hydrogens (tertiary/aromatic N) is 3. The number of carbonyl (C=O) groups is 1. The minimum Gasteiger partial charge on any atom is -0.354 e. The Morgan fingerprint density at radius 2 is 1.51 bits per heavy atom. The van der Waals surface area contributed by atoms with Crippen LogP contribution in [-0.2, 0) is 14.8 Å². The van der Waals surface area contributed by atoms with E-state index >= 15 is 0 Å². The average Bonchev–Trinajstić information content (AvgIpc) is 2.84. The molecule has 0 unspecified atom stereocenters. The number of halogens is 1. The molecule has 0 atom stereocenters. The molecule has 1 aliphatic heterocycles. The number of pyridine rings is 1. The van der Waals surface area contributed by atoms with Crippen LogP contribution in [0.25, 0.3) is 0 Å². The predicted molar refractivity (Wildman–Crippen MR) is 136 cm³/mol. The van der Waals surface area contributed by atoms with Gasteiger partial charge in [-0.25, -0.2) is 13.4 Å². The van der Waals surface area contributed by atoms with Gasteiger partial charge in [-0.2, -0.15) is 4.31 Å². The van der Waals surface area contributed by atoms with Gasteiger partial charge in [0.15, 0.2) is 0 Å². The number of hydrogen-bond acceptors (Lipinski definition) is 5. The van der Waals surface area contributed by atoms with Crippen LogP contribution in [0.1, 0.15) is 38.5 Å². The van der Waals surface area contributed by atoms with Crippen molar-refractivity contribution in [3.8, 4) is 0 Å². The molecule has 0 spiro atoms. The number of amides is 1. The summed E-state index contributed by atoms with van der Waals surface area (Å²) < 4.78 is 27.4. The lowest BCUT2D eigenvalue weighted by Gasteiger charge is -2.55. The first-order chi connectivity index (χ1) is 16.8. The molecule has 35 heavy (non-hydrogen) atoms. The van der Waals surface area contributed by atoms with Gasteiger partial charge in [0.05, 0.1) is 22.2 Å². The summed E-state index contributed by atoms with van der Waals surface area (Å²) in [6.07, 6.45) is 8.80. The molecule has 4 aliphatic carbocycles. The number of rotatable bonds is 5. The number of nitrogens with one attached hydrogen (secondary N) is 1. The average molecular weight is 515 g/mol. The highest BCUT2D eigenvalue weighted by Crippen LogP contribution is 2.60. The Kier molecular flexibility index (Phi) is 5.81. The van der Waals surface area contributed by atoms with Gasteiger partial charge in [0, 0.05) is 31.2 Å². The first kappa shape index (κ1) is 23.3. The smallest absolute Gasteiger partial charge is 0.243 e. The Labute approximate surface area is 211 Å². The summed E-state index contributed by atoms with van der Waals surface area (Å²) in [7, 11) is -3.54. The second-order valence-electron chi connectivity index (χ2n) is 10.9. The topological polar surface area (TPSA) is 82.6 Å². The summed E-state index contributed by atoms with van der Waals surface area (Å²) in [6.45, 7) is 1.88. The number of hydrogen-bond donors (Lipinski definition) is 1. The largest absolute Gasteiger partial charge is 0.354 e. The quantitative estimate of drug-likeness (QED) is 0.639. The molecule has 1 aromatic carbocycles. The predicted octanol–water partition coefficient (Wildman–Crippen LogP) is 4.40. The summed E-state index contributed by atoms with van der Waals surface area (Å²) in [6, 6.07) is 10.1. The minimum atomic E-state index is -3.54. The fourth-order valence-electron chi connectivity index (χ4n) is 7.21. The third-order valence-corrected chi connectivity index (χ3v) is 10.7. The van der Waals surface area contributed by atoms with Crippen LogP contribution in [0.3, 0.4) is 0 Å². The van der Waals surface area contributed by atoms with Gasteiger partial charge in [-0.3, -0.25) is 4.79 Å². The van der Waals surface area contributed by atoms with Crippen LogP contribution in [0.5, 0.6) is 0 Å². The molecule has 1 saturated heterocycles. The van der Waals surface area contributed by atoms with Crippen molar-refractivity contribution < 1.29 is 13.2 Å². The van der Waals surface area contributed by atoms with Crippen molar-refractivity contribution in [2.45, 2.75) is 43.4 Å². The lowest BCUT2D eigenvalue weighted by Crippen LogP contribution is -2.51. The molecule has 2 heterocycles. The summed E-state index contributed by atoms with van der Waals surface area (Å²) in [4.78, 5) is 20.2. The molecule has 9 heteroatoms. The van der Waals surface area contributed by atoms with E-state index in [1.165, 1.54) is 23.6 Å². The normalized spacial score (nSPS) is 30.4. The number of carbonyl (C=O) groups excluding carboxylic acids is 1. The maximum absolute atomic E-state index is 13.3. The molecule has 1 amide bonds. The van der Waals surface area contributed by atoms with Gasteiger partial charge in [-0.15, -0.1) is 0 Å². The van der Waals surface area contributed by atoms with Crippen LogP contribution in [0.2, 0.25) is 5.02 Å². The Morgan fingerprint density at radius 1 is 0.914 bits per heavy atom. The van der Waals surface area contributed by atoms with Crippen molar-refractivity contribution in [1.29, 1.82) is 0 Å². The van der Waals surface area contributed by atoms with Crippen LogP contribution in [0.4, 0.5) is 11.5 Å². The molecule has 0 radical (unpaired) electrons. The molecule has 1 aromatic heterocycles. The molecule has 5 aliphatic rings. The molecule has 2 aromatic rings. The number of benzene rings is 1. The molecule has 186 valence electrons. The van der Waals surface area contributed by atoms with Gasteiger partial charge in [-0.1, -0.05) is 11.6 Å². The monoisotopic (exact) mass is 514 g/mol. The molecular weight excluding hydrogens is 484 g/mol. The van der Waals surface area contributed by atoms with Gasteiger partial charge < -0.3 is 10.2 Å². The molecule has 7 rings (SSSR count). The third kappa shape index (κ3) is 4.34. The van der Waals surface area contributed by atoms with E-state index in [-0.39, 0.29) is 16.2 Å². The molecule has 4 bridgehead atoms. The summed E-state index contributed by atoms with van der Waals surface area (Å²) in [5.41, 5.74) is 0.553. The summed E-state index contributed by atoms with van der Waals surface area (Å²) >= 11 is 5.90. The Hall–Kier alpha value is -2.16. The SMILES string of the molecule is O=C(Nc1ccc(N2CCN(S(=O)(=O)c3ccc(Cl)cc3)CC2)nc1)C12CC3CC(CC(C3)C1)C2. The van der Waals surface area contributed by atoms with Crippen molar-refractivity contribution in [2.75, 3.05) is 36.4 Å². The van der Waals surface area contributed by atoms with Gasteiger partial charge in [-0.05, 0) is 92.7 Å². The lowest BCUT2D eigenvalue weighted by atomic mass is 9.49. The zero-order chi connectivity index (χ0) is 24.2. The maximum Gasteiger partial charge on any atom is 0.243 e. The minimum absolute atomic E-state index is 0.173. The maximum atomic E-state index is 13.3. The summed E-state index contributed by atoms with van der Waals surface area (Å²) in [5, 5.41) is 3.67. The van der Waals surface area contributed by atoms with Crippen LogP contribution in [-0.4, -0.2) is 49.8 Å². The fraction of sp³-hybridized carbons (Fsp3) is 0.538. The summed E-state index contributed by atoms with van der Waals surface area (Å²) in [5.74, 6) is 3.16.